The van der Waals surface area contributed by atoms with Crippen molar-refractivity contribution in [3.05, 3.63) is 32.5 Å². The highest BCUT2D eigenvalue weighted by Gasteiger charge is 2.05. The summed E-state index contributed by atoms with van der Waals surface area (Å²) in [5.74, 6) is 0.714. The van der Waals surface area contributed by atoms with Gasteiger partial charge < -0.3 is 0 Å². The van der Waals surface area contributed by atoms with Gasteiger partial charge in [-0.2, -0.15) is 4.98 Å². The Balaban J connectivity index is 2.58. The van der Waals surface area contributed by atoms with Gasteiger partial charge in [0.1, 0.15) is 0 Å². The van der Waals surface area contributed by atoms with Crippen LogP contribution in [-0.4, -0.2) is 14.8 Å². The second kappa shape index (κ2) is 4.08. The number of halogens is 2. The number of aromatic amines is 1. The first-order valence-electron chi connectivity index (χ1n) is 4.16. The van der Waals surface area contributed by atoms with Gasteiger partial charge in [-0.25, -0.2) is 0 Å². The van der Waals surface area contributed by atoms with Gasteiger partial charge in [0, 0.05) is 22.1 Å². The normalized spacial score (nSPS) is 10.6. The Kier molecular flexibility index (Phi) is 2.95. The molecule has 78 valence electrons. The Morgan fingerprint density at radius 3 is 2.73 bits per heavy atom. The highest BCUT2D eigenvalue weighted by atomic mass is 79.9. The summed E-state index contributed by atoms with van der Waals surface area (Å²) in [7, 11) is 1.82. The highest BCUT2D eigenvalue weighted by Crippen LogP contribution is 2.25. The van der Waals surface area contributed by atoms with Crippen molar-refractivity contribution in [3.63, 3.8) is 0 Å². The molecule has 0 atom stereocenters. The van der Waals surface area contributed by atoms with E-state index in [0.29, 0.717) is 15.6 Å². The molecule has 2 aromatic rings. The molecule has 3 nitrogen and oxygen atoms in total. The summed E-state index contributed by atoms with van der Waals surface area (Å²) in [5.41, 5.74) is 0.904. The zero-order valence-electron chi connectivity index (χ0n) is 7.79. The molecule has 0 spiro atoms. The first kappa shape index (κ1) is 10.9. The molecule has 0 aliphatic heterocycles. The minimum atomic E-state index is 0.515. The maximum atomic E-state index is 5.94. The molecule has 1 aromatic carbocycles. The van der Waals surface area contributed by atoms with Crippen molar-refractivity contribution in [1.82, 2.24) is 14.8 Å². The van der Waals surface area contributed by atoms with Crippen molar-refractivity contribution in [2.24, 2.45) is 7.05 Å². The van der Waals surface area contributed by atoms with Crippen LogP contribution in [0.25, 0.3) is 11.4 Å². The predicted molar refractivity (Wildman–Crippen MR) is 66.5 cm³/mol. The lowest BCUT2D eigenvalue weighted by atomic mass is 10.2. The van der Waals surface area contributed by atoms with E-state index in [9.17, 15) is 0 Å². The molecule has 0 aliphatic carbocycles. The number of nitrogens with one attached hydrogen (secondary N) is 1. The molecule has 1 aromatic heterocycles. The van der Waals surface area contributed by atoms with Gasteiger partial charge >= 0.3 is 0 Å². The molecular formula is C9H7BrClN3S. The summed E-state index contributed by atoms with van der Waals surface area (Å²) >= 11 is 14.3. The van der Waals surface area contributed by atoms with E-state index in [0.717, 1.165) is 10.0 Å². The van der Waals surface area contributed by atoms with Crippen LogP contribution in [0.2, 0.25) is 5.02 Å². The lowest BCUT2D eigenvalue weighted by molar-refractivity contribution is 0.756. The number of rotatable bonds is 1. The van der Waals surface area contributed by atoms with Crippen molar-refractivity contribution in [3.8, 4) is 11.4 Å². The number of hydrogen-bond donors (Lipinski definition) is 1. The molecule has 0 fully saturated rings. The maximum Gasteiger partial charge on any atom is 0.216 e. The average Bonchev–Trinajstić information content (AvgIpc) is 2.45. The fourth-order valence-corrected chi connectivity index (χ4v) is 2.22. The molecule has 0 radical (unpaired) electrons. The predicted octanol–water partition coefficient (Wildman–Crippen LogP) is 3.56. The summed E-state index contributed by atoms with van der Waals surface area (Å²) in [4.78, 5) is 4.21. The number of aromatic nitrogens is 3. The van der Waals surface area contributed by atoms with E-state index in [-0.39, 0.29) is 0 Å². The van der Waals surface area contributed by atoms with Gasteiger partial charge in [-0.15, -0.1) is 0 Å². The number of benzene rings is 1. The van der Waals surface area contributed by atoms with E-state index in [4.69, 9.17) is 23.8 Å². The minimum absolute atomic E-state index is 0.515. The maximum absolute atomic E-state index is 5.94. The van der Waals surface area contributed by atoms with Crippen molar-refractivity contribution >= 4 is 39.7 Å². The molecule has 0 amide bonds. The smallest absolute Gasteiger partial charge is 0.216 e. The molecule has 1 heterocycles. The molecule has 2 rings (SSSR count). The van der Waals surface area contributed by atoms with Gasteiger partial charge in [0.05, 0.1) is 0 Å². The Labute approximate surface area is 105 Å². The van der Waals surface area contributed by atoms with Crippen LogP contribution in [0.15, 0.2) is 22.7 Å². The lowest BCUT2D eigenvalue weighted by Gasteiger charge is -1.99. The third-order valence-electron chi connectivity index (χ3n) is 1.90. The minimum Gasteiger partial charge on any atom is -0.279 e. The standard InChI is InChI=1S/C9H7BrClN3S/c1-14-9(15)12-8(13-14)5-2-6(10)4-7(11)3-5/h2-4H,1H3,(H,12,13,15). The Bertz CT molecular complexity index is 540. The quantitative estimate of drug-likeness (QED) is 0.817. The molecule has 0 aliphatic rings. The lowest BCUT2D eigenvalue weighted by Crippen LogP contribution is -1.89. The summed E-state index contributed by atoms with van der Waals surface area (Å²) in [6.07, 6.45) is 0. The van der Waals surface area contributed by atoms with E-state index in [1.54, 1.807) is 4.68 Å². The second-order valence-corrected chi connectivity index (χ2v) is 4.79. The van der Waals surface area contributed by atoms with Crippen LogP contribution in [-0.2, 0) is 7.05 Å². The van der Waals surface area contributed by atoms with Crippen molar-refractivity contribution < 1.29 is 0 Å². The Morgan fingerprint density at radius 2 is 2.20 bits per heavy atom. The van der Waals surface area contributed by atoms with Crippen molar-refractivity contribution in [2.75, 3.05) is 0 Å². The van der Waals surface area contributed by atoms with E-state index >= 15 is 0 Å². The molecular weight excluding hydrogens is 298 g/mol. The molecule has 15 heavy (non-hydrogen) atoms. The number of aryl methyl sites for hydroxylation is 1. The fourth-order valence-electron chi connectivity index (χ4n) is 1.22. The van der Waals surface area contributed by atoms with Crippen LogP contribution in [0.5, 0.6) is 0 Å². The van der Waals surface area contributed by atoms with E-state index < -0.39 is 0 Å². The fraction of sp³-hybridized carbons (Fsp3) is 0.111. The first-order chi connectivity index (χ1) is 7.06. The molecule has 6 heteroatoms. The zero-order chi connectivity index (χ0) is 11.0. The SMILES string of the molecule is Cn1[nH]c(-c2cc(Cl)cc(Br)c2)nc1=S. The van der Waals surface area contributed by atoms with Crippen LogP contribution in [0, 0.1) is 4.77 Å². The zero-order valence-corrected chi connectivity index (χ0v) is 10.9. The molecule has 0 bridgehead atoms. The highest BCUT2D eigenvalue weighted by molar-refractivity contribution is 9.10. The Morgan fingerprint density at radius 1 is 1.47 bits per heavy atom. The summed E-state index contributed by atoms with van der Waals surface area (Å²) in [6.45, 7) is 0. The van der Waals surface area contributed by atoms with Crippen LogP contribution in [0.4, 0.5) is 0 Å². The van der Waals surface area contributed by atoms with Gasteiger partial charge in [-0.05, 0) is 30.4 Å². The van der Waals surface area contributed by atoms with E-state index in [2.05, 4.69) is 26.0 Å². The van der Waals surface area contributed by atoms with Crippen molar-refractivity contribution in [2.45, 2.75) is 0 Å². The molecule has 0 unspecified atom stereocenters. The summed E-state index contributed by atoms with van der Waals surface area (Å²) < 4.78 is 3.11. The second-order valence-electron chi connectivity index (χ2n) is 3.07. The van der Waals surface area contributed by atoms with E-state index in [1.807, 2.05) is 25.2 Å². The van der Waals surface area contributed by atoms with Gasteiger partial charge in [0.15, 0.2) is 5.82 Å². The van der Waals surface area contributed by atoms with Gasteiger partial charge in [0.2, 0.25) is 4.77 Å². The van der Waals surface area contributed by atoms with Crippen LogP contribution < -0.4 is 0 Å². The monoisotopic (exact) mass is 303 g/mol. The topological polar surface area (TPSA) is 33.6 Å². The number of hydrogen-bond acceptors (Lipinski definition) is 2. The third-order valence-corrected chi connectivity index (χ3v) is 2.95. The third kappa shape index (κ3) is 2.30. The summed E-state index contributed by atoms with van der Waals surface area (Å²) in [5, 5.41) is 3.69. The van der Waals surface area contributed by atoms with Gasteiger partial charge in [0.25, 0.3) is 0 Å². The van der Waals surface area contributed by atoms with Crippen LogP contribution in [0.1, 0.15) is 0 Å². The molecule has 0 saturated carbocycles. The van der Waals surface area contributed by atoms with Crippen molar-refractivity contribution in [1.29, 1.82) is 0 Å². The van der Waals surface area contributed by atoms with Crippen LogP contribution in [0.3, 0.4) is 0 Å². The molecule has 1 N–H and O–H groups in total. The van der Waals surface area contributed by atoms with Crippen LogP contribution >= 0.6 is 39.7 Å². The largest absolute Gasteiger partial charge is 0.279 e. The number of nitrogens with zero attached hydrogens (tertiary/aromatic N) is 2. The average molecular weight is 305 g/mol. The van der Waals surface area contributed by atoms with E-state index in [1.165, 1.54) is 0 Å². The van der Waals surface area contributed by atoms with Gasteiger partial charge in [-0.3, -0.25) is 9.78 Å². The summed E-state index contributed by atoms with van der Waals surface area (Å²) in [6, 6.07) is 5.59. The van der Waals surface area contributed by atoms with Gasteiger partial charge in [-0.1, -0.05) is 27.5 Å². The molecule has 0 saturated heterocycles. The number of H-pyrrole nitrogens is 1. The Hall–Kier alpha value is -0.650. The first-order valence-corrected chi connectivity index (χ1v) is 5.73.